The Morgan fingerprint density at radius 3 is 2.50 bits per heavy atom. The van der Waals surface area contributed by atoms with Gasteiger partial charge in [0.25, 0.3) is 0 Å². The molecule has 2 saturated carbocycles. The third-order valence-electron chi connectivity index (χ3n) is 3.25. The van der Waals surface area contributed by atoms with Gasteiger partial charge in [-0.15, -0.1) is 0 Å². The minimum absolute atomic E-state index is 0.597. The van der Waals surface area contributed by atoms with E-state index in [0.717, 1.165) is 11.8 Å². The van der Waals surface area contributed by atoms with Crippen LogP contribution in [-0.4, -0.2) is 17.1 Å². The second-order valence-corrected chi connectivity index (χ2v) is 4.27. The first-order valence-corrected chi connectivity index (χ1v) is 4.65. The molecule has 0 spiro atoms. The lowest BCUT2D eigenvalue weighted by atomic mass is 9.95. The molecule has 68 valence electrons. The number of nitrogens with two attached hydrogens (primary N) is 1. The van der Waals surface area contributed by atoms with Crippen LogP contribution in [0.25, 0.3) is 0 Å². The first-order valence-electron chi connectivity index (χ1n) is 4.65. The molecule has 0 radical (unpaired) electrons. The van der Waals surface area contributed by atoms with Crippen molar-refractivity contribution in [2.24, 2.45) is 23.5 Å². The molecular formula is C9H15NO2. The molecule has 2 rings (SSSR count). The van der Waals surface area contributed by atoms with E-state index in [1.807, 2.05) is 0 Å². The van der Waals surface area contributed by atoms with Crippen LogP contribution in [0.4, 0.5) is 0 Å². The van der Waals surface area contributed by atoms with Crippen LogP contribution in [0.2, 0.25) is 0 Å². The summed E-state index contributed by atoms with van der Waals surface area (Å²) in [6.45, 7) is 0. The third-order valence-corrected chi connectivity index (χ3v) is 3.25. The maximum atomic E-state index is 10.5. The number of rotatable bonds is 3. The van der Waals surface area contributed by atoms with Crippen molar-refractivity contribution in [1.29, 1.82) is 0 Å². The lowest BCUT2D eigenvalue weighted by molar-refractivity contribution is -0.138. The van der Waals surface area contributed by atoms with Gasteiger partial charge in [0, 0.05) is 0 Å². The Kier molecular flexibility index (Phi) is 1.83. The van der Waals surface area contributed by atoms with Gasteiger partial charge in [0.05, 0.1) is 0 Å². The van der Waals surface area contributed by atoms with Crippen LogP contribution in [0.3, 0.4) is 0 Å². The zero-order valence-electron chi connectivity index (χ0n) is 7.07. The SMILES string of the molecule is N[C@H](CC1CC2CC2C1)C(=O)O. The highest BCUT2D eigenvalue weighted by atomic mass is 16.4. The van der Waals surface area contributed by atoms with Gasteiger partial charge in [-0.05, 0) is 43.4 Å². The van der Waals surface area contributed by atoms with Gasteiger partial charge in [-0.1, -0.05) is 0 Å². The number of carbonyl (C=O) groups is 1. The van der Waals surface area contributed by atoms with E-state index in [-0.39, 0.29) is 0 Å². The summed E-state index contributed by atoms with van der Waals surface area (Å²) in [6.07, 6.45) is 4.53. The van der Waals surface area contributed by atoms with E-state index in [0.29, 0.717) is 12.3 Å². The Bertz CT molecular complexity index is 195. The summed E-state index contributed by atoms with van der Waals surface area (Å²) in [7, 11) is 0. The number of hydrogen-bond acceptors (Lipinski definition) is 2. The van der Waals surface area contributed by atoms with Gasteiger partial charge in [0.15, 0.2) is 0 Å². The Morgan fingerprint density at radius 1 is 1.42 bits per heavy atom. The Balaban J connectivity index is 1.76. The van der Waals surface area contributed by atoms with Gasteiger partial charge in [-0.2, -0.15) is 0 Å². The van der Waals surface area contributed by atoms with Crippen molar-refractivity contribution >= 4 is 5.97 Å². The molecule has 0 aromatic rings. The fourth-order valence-electron chi connectivity index (χ4n) is 2.49. The molecular weight excluding hydrogens is 154 g/mol. The minimum Gasteiger partial charge on any atom is -0.480 e. The van der Waals surface area contributed by atoms with E-state index in [4.69, 9.17) is 10.8 Å². The molecule has 0 aliphatic heterocycles. The summed E-state index contributed by atoms with van der Waals surface area (Å²) < 4.78 is 0. The standard InChI is InChI=1S/C9H15NO2/c10-8(9(11)12)3-5-1-6-4-7(6)2-5/h5-8H,1-4,10H2,(H,11,12)/t5?,6?,7?,8-/m1/s1. The molecule has 3 atom stereocenters. The molecule has 12 heavy (non-hydrogen) atoms. The normalized spacial score (nSPS) is 40.6. The second kappa shape index (κ2) is 2.73. The van der Waals surface area contributed by atoms with Crippen LogP contribution in [0.1, 0.15) is 25.7 Å². The van der Waals surface area contributed by atoms with Crippen LogP contribution in [0.15, 0.2) is 0 Å². The maximum absolute atomic E-state index is 10.5. The zero-order chi connectivity index (χ0) is 8.72. The smallest absolute Gasteiger partial charge is 0.320 e. The molecule has 3 N–H and O–H groups in total. The predicted octanol–water partition coefficient (Wildman–Crippen LogP) is 0.834. The molecule has 0 bridgehead atoms. The molecule has 2 fully saturated rings. The van der Waals surface area contributed by atoms with Gasteiger partial charge < -0.3 is 10.8 Å². The lowest BCUT2D eigenvalue weighted by Gasteiger charge is -2.13. The molecule has 0 amide bonds. The van der Waals surface area contributed by atoms with Crippen molar-refractivity contribution in [1.82, 2.24) is 0 Å². The molecule has 2 unspecified atom stereocenters. The van der Waals surface area contributed by atoms with Gasteiger partial charge in [-0.25, -0.2) is 0 Å². The Morgan fingerprint density at radius 2 is 2.00 bits per heavy atom. The summed E-state index contributed by atoms with van der Waals surface area (Å²) in [4.78, 5) is 10.5. The van der Waals surface area contributed by atoms with Gasteiger partial charge in [-0.3, -0.25) is 4.79 Å². The van der Waals surface area contributed by atoms with E-state index in [9.17, 15) is 4.79 Å². The van der Waals surface area contributed by atoms with E-state index >= 15 is 0 Å². The number of aliphatic carboxylic acids is 1. The first kappa shape index (κ1) is 8.05. The number of hydrogen-bond donors (Lipinski definition) is 2. The van der Waals surface area contributed by atoms with Crippen molar-refractivity contribution in [3.05, 3.63) is 0 Å². The highest BCUT2D eigenvalue weighted by molar-refractivity contribution is 5.73. The van der Waals surface area contributed by atoms with Crippen molar-refractivity contribution < 1.29 is 9.90 Å². The van der Waals surface area contributed by atoms with Gasteiger partial charge >= 0.3 is 5.97 Å². The Hall–Kier alpha value is -0.570. The molecule has 2 aliphatic carbocycles. The van der Waals surface area contributed by atoms with Crippen molar-refractivity contribution in [2.75, 3.05) is 0 Å². The first-order chi connectivity index (χ1) is 5.66. The van der Waals surface area contributed by atoms with Crippen LogP contribution in [0, 0.1) is 17.8 Å². The van der Waals surface area contributed by atoms with Crippen LogP contribution in [0.5, 0.6) is 0 Å². The summed E-state index contributed by atoms with van der Waals surface area (Å²) >= 11 is 0. The fourth-order valence-corrected chi connectivity index (χ4v) is 2.49. The fraction of sp³-hybridized carbons (Fsp3) is 0.889. The van der Waals surface area contributed by atoms with E-state index < -0.39 is 12.0 Å². The number of fused-ring (bicyclic) bond motifs is 1. The zero-order valence-corrected chi connectivity index (χ0v) is 7.07. The molecule has 0 saturated heterocycles. The Labute approximate surface area is 71.9 Å². The molecule has 0 aromatic heterocycles. The predicted molar refractivity (Wildman–Crippen MR) is 44.5 cm³/mol. The minimum atomic E-state index is -0.851. The summed E-state index contributed by atoms with van der Waals surface area (Å²) in [5, 5.41) is 8.59. The topological polar surface area (TPSA) is 63.3 Å². The number of carboxylic acids is 1. The van der Waals surface area contributed by atoms with E-state index in [2.05, 4.69) is 0 Å². The summed E-state index contributed by atoms with van der Waals surface area (Å²) in [5.74, 6) is 1.60. The molecule has 0 aromatic carbocycles. The monoisotopic (exact) mass is 169 g/mol. The second-order valence-electron chi connectivity index (χ2n) is 4.27. The summed E-state index contributed by atoms with van der Waals surface area (Å²) in [6, 6.07) is -0.632. The lowest BCUT2D eigenvalue weighted by Crippen LogP contribution is -2.32. The van der Waals surface area contributed by atoms with Crippen LogP contribution < -0.4 is 5.73 Å². The van der Waals surface area contributed by atoms with Gasteiger partial charge in [0.2, 0.25) is 0 Å². The van der Waals surface area contributed by atoms with Crippen molar-refractivity contribution in [2.45, 2.75) is 31.7 Å². The highest BCUT2D eigenvalue weighted by Gasteiger charge is 2.46. The third kappa shape index (κ3) is 1.46. The van der Waals surface area contributed by atoms with Crippen LogP contribution >= 0.6 is 0 Å². The molecule has 0 heterocycles. The average molecular weight is 169 g/mol. The van der Waals surface area contributed by atoms with E-state index in [1.54, 1.807) is 0 Å². The maximum Gasteiger partial charge on any atom is 0.320 e. The van der Waals surface area contributed by atoms with Crippen molar-refractivity contribution in [3.63, 3.8) is 0 Å². The average Bonchev–Trinajstić information content (AvgIpc) is 2.59. The molecule has 3 heteroatoms. The quantitative estimate of drug-likeness (QED) is 0.658. The van der Waals surface area contributed by atoms with Gasteiger partial charge in [0.1, 0.15) is 6.04 Å². The van der Waals surface area contributed by atoms with E-state index in [1.165, 1.54) is 19.3 Å². The van der Waals surface area contributed by atoms with Crippen LogP contribution in [-0.2, 0) is 4.79 Å². The number of carboxylic acid groups (broad SMARTS) is 1. The molecule has 2 aliphatic rings. The largest absolute Gasteiger partial charge is 0.480 e. The molecule has 3 nitrogen and oxygen atoms in total. The van der Waals surface area contributed by atoms with Crippen molar-refractivity contribution in [3.8, 4) is 0 Å². The summed E-state index contributed by atoms with van der Waals surface area (Å²) in [5.41, 5.74) is 5.46. The highest BCUT2D eigenvalue weighted by Crippen LogP contribution is 2.55.